The molecule has 1 heterocycles. The summed E-state index contributed by atoms with van der Waals surface area (Å²) in [6.07, 6.45) is 6.86. The molecule has 5 heteroatoms. The molecule has 0 N–H and O–H groups in total. The molecule has 0 bridgehead atoms. The number of hydrogen-bond acceptors (Lipinski definition) is 4. The Morgan fingerprint density at radius 3 is 2.67 bits per heavy atom. The average molecular weight is 284 g/mol. The molecule has 1 unspecified atom stereocenters. The van der Waals surface area contributed by atoms with E-state index in [4.69, 9.17) is 0 Å². The number of carbonyl (C=O) groups excluding carboxylic acids is 1. The number of aldehydes is 1. The van der Waals surface area contributed by atoms with E-state index >= 15 is 0 Å². The molecule has 1 aromatic heterocycles. The van der Waals surface area contributed by atoms with Crippen LogP contribution in [-0.2, 0) is 11.3 Å². The Bertz CT molecular complexity index is 575. The van der Waals surface area contributed by atoms with Crippen molar-refractivity contribution in [3.05, 3.63) is 41.7 Å². The van der Waals surface area contributed by atoms with Gasteiger partial charge in [-0.1, -0.05) is 49.6 Å². The number of aromatic nitrogens is 4. The number of tetrazole rings is 1. The molecular formula is C16H20N4O. The van der Waals surface area contributed by atoms with Gasteiger partial charge in [0.25, 0.3) is 0 Å². The van der Waals surface area contributed by atoms with Crippen LogP contribution in [0.25, 0.3) is 0 Å². The molecule has 2 aromatic rings. The van der Waals surface area contributed by atoms with Gasteiger partial charge in [0.2, 0.25) is 0 Å². The zero-order chi connectivity index (χ0) is 14.5. The van der Waals surface area contributed by atoms with Gasteiger partial charge in [-0.3, -0.25) is 0 Å². The highest BCUT2D eigenvalue weighted by Crippen LogP contribution is 2.33. The Hall–Kier alpha value is -2.04. The van der Waals surface area contributed by atoms with Crippen molar-refractivity contribution in [3.8, 4) is 0 Å². The van der Waals surface area contributed by atoms with E-state index in [-0.39, 0.29) is 5.92 Å². The van der Waals surface area contributed by atoms with Crippen LogP contribution in [0.2, 0.25) is 0 Å². The molecule has 5 nitrogen and oxygen atoms in total. The molecule has 0 saturated heterocycles. The maximum atomic E-state index is 11.5. The molecule has 0 spiro atoms. The minimum atomic E-state index is -0.199. The van der Waals surface area contributed by atoms with Crippen LogP contribution in [0.1, 0.15) is 49.4 Å². The first kappa shape index (κ1) is 13.9. The van der Waals surface area contributed by atoms with E-state index in [1.54, 1.807) is 4.80 Å². The van der Waals surface area contributed by atoms with Crippen molar-refractivity contribution in [2.45, 2.75) is 44.6 Å². The highest BCUT2D eigenvalue weighted by molar-refractivity contribution is 5.60. The Morgan fingerprint density at radius 2 is 1.95 bits per heavy atom. The smallest absolute Gasteiger partial charge is 0.185 e. The zero-order valence-electron chi connectivity index (χ0n) is 12.1. The Morgan fingerprint density at radius 1 is 1.19 bits per heavy atom. The molecule has 1 saturated carbocycles. The van der Waals surface area contributed by atoms with E-state index in [1.165, 1.54) is 19.3 Å². The van der Waals surface area contributed by atoms with E-state index < -0.39 is 0 Å². The van der Waals surface area contributed by atoms with Crippen molar-refractivity contribution in [3.63, 3.8) is 0 Å². The highest BCUT2D eigenvalue weighted by atomic mass is 16.1. The molecule has 1 fully saturated rings. The summed E-state index contributed by atoms with van der Waals surface area (Å²) in [5.74, 6) is 0.758. The monoisotopic (exact) mass is 284 g/mol. The largest absolute Gasteiger partial charge is 0.303 e. The standard InChI is InChI=1S/C16H20N4O/c21-12-15(14-9-5-2-6-10-14)16-17-19-20(18-16)11-13-7-3-1-4-8-13/h1,3-4,7-8,12,14-15H,2,5-6,9-11H2. The Labute approximate surface area is 124 Å². The van der Waals surface area contributed by atoms with Gasteiger partial charge in [-0.05, 0) is 29.5 Å². The summed E-state index contributed by atoms with van der Waals surface area (Å²) in [7, 11) is 0. The second-order valence-electron chi connectivity index (χ2n) is 5.72. The lowest BCUT2D eigenvalue weighted by Gasteiger charge is -2.24. The van der Waals surface area contributed by atoms with Gasteiger partial charge in [0.15, 0.2) is 5.82 Å². The third kappa shape index (κ3) is 3.35. The summed E-state index contributed by atoms with van der Waals surface area (Å²) in [5, 5.41) is 12.6. The molecule has 0 amide bonds. The maximum Gasteiger partial charge on any atom is 0.185 e. The summed E-state index contributed by atoms with van der Waals surface area (Å²) in [5.41, 5.74) is 1.13. The van der Waals surface area contributed by atoms with Gasteiger partial charge in [0.1, 0.15) is 6.29 Å². The first-order valence-electron chi connectivity index (χ1n) is 7.64. The van der Waals surface area contributed by atoms with Crippen molar-refractivity contribution < 1.29 is 4.79 Å². The Kier molecular flexibility index (Phi) is 4.38. The number of rotatable bonds is 5. The van der Waals surface area contributed by atoms with Crippen molar-refractivity contribution in [2.75, 3.05) is 0 Å². The van der Waals surface area contributed by atoms with Crippen LogP contribution in [0.15, 0.2) is 30.3 Å². The van der Waals surface area contributed by atoms with Crippen LogP contribution in [-0.4, -0.2) is 26.5 Å². The summed E-state index contributed by atoms with van der Waals surface area (Å²) in [6.45, 7) is 0.587. The third-order valence-electron chi connectivity index (χ3n) is 4.24. The van der Waals surface area contributed by atoms with Crippen LogP contribution >= 0.6 is 0 Å². The molecule has 21 heavy (non-hydrogen) atoms. The fourth-order valence-electron chi connectivity index (χ4n) is 3.08. The average Bonchev–Trinajstić information content (AvgIpc) is 2.98. The zero-order valence-corrected chi connectivity index (χ0v) is 12.1. The van der Waals surface area contributed by atoms with Crippen molar-refractivity contribution in [1.29, 1.82) is 0 Å². The summed E-state index contributed by atoms with van der Waals surface area (Å²) in [4.78, 5) is 13.0. The van der Waals surface area contributed by atoms with Crippen LogP contribution in [0.3, 0.4) is 0 Å². The summed E-state index contributed by atoms with van der Waals surface area (Å²) in [6, 6.07) is 10.0. The quantitative estimate of drug-likeness (QED) is 0.792. The minimum absolute atomic E-state index is 0.199. The van der Waals surface area contributed by atoms with Gasteiger partial charge >= 0.3 is 0 Å². The number of benzene rings is 1. The first-order valence-corrected chi connectivity index (χ1v) is 7.64. The summed E-state index contributed by atoms with van der Waals surface area (Å²) < 4.78 is 0. The lowest BCUT2D eigenvalue weighted by Crippen LogP contribution is -2.19. The molecule has 1 aromatic carbocycles. The lowest BCUT2D eigenvalue weighted by molar-refractivity contribution is -0.110. The van der Waals surface area contributed by atoms with E-state index in [0.29, 0.717) is 18.3 Å². The van der Waals surface area contributed by atoms with Gasteiger partial charge in [-0.15, -0.1) is 10.2 Å². The number of carbonyl (C=O) groups is 1. The third-order valence-corrected chi connectivity index (χ3v) is 4.24. The number of nitrogens with zero attached hydrogens (tertiary/aromatic N) is 4. The molecule has 0 aliphatic heterocycles. The number of hydrogen-bond donors (Lipinski definition) is 0. The fourth-order valence-corrected chi connectivity index (χ4v) is 3.08. The van der Waals surface area contributed by atoms with Gasteiger partial charge in [-0.25, -0.2) is 0 Å². The predicted molar refractivity (Wildman–Crippen MR) is 78.7 cm³/mol. The lowest BCUT2D eigenvalue weighted by atomic mass is 9.80. The Balaban J connectivity index is 1.72. The first-order chi connectivity index (χ1) is 10.4. The van der Waals surface area contributed by atoms with Gasteiger partial charge in [0.05, 0.1) is 12.5 Å². The van der Waals surface area contributed by atoms with Crippen LogP contribution in [0, 0.1) is 5.92 Å². The van der Waals surface area contributed by atoms with Gasteiger partial charge < -0.3 is 4.79 Å². The second kappa shape index (κ2) is 6.61. The van der Waals surface area contributed by atoms with Crippen LogP contribution < -0.4 is 0 Å². The van der Waals surface area contributed by atoms with Crippen LogP contribution in [0.4, 0.5) is 0 Å². The second-order valence-corrected chi connectivity index (χ2v) is 5.72. The molecule has 0 radical (unpaired) electrons. The SMILES string of the molecule is O=CC(c1nnn(Cc2ccccc2)n1)C1CCCCC1. The molecule has 1 atom stereocenters. The van der Waals surface area contributed by atoms with Gasteiger partial charge in [0, 0.05) is 0 Å². The molecule has 110 valence electrons. The van der Waals surface area contributed by atoms with Gasteiger partial charge in [-0.2, -0.15) is 4.80 Å². The normalized spacial score (nSPS) is 17.5. The predicted octanol–water partition coefficient (Wildman–Crippen LogP) is 2.58. The van der Waals surface area contributed by atoms with E-state index in [2.05, 4.69) is 15.4 Å². The van der Waals surface area contributed by atoms with E-state index in [1.807, 2.05) is 30.3 Å². The van der Waals surface area contributed by atoms with E-state index in [0.717, 1.165) is 24.7 Å². The summed E-state index contributed by atoms with van der Waals surface area (Å²) >= 11 is 0. The van der Waals surface area contributed by atoms with Crippen molar-refractivity contribution in [1.82, 2.24) is 20.2 Å². The molecule has 1 aliphatic carbocycles. The topological polar surface area (TPSA) is 60.7 Å². The molecular weight excluding hydrogens is 264 g/mol. The fraction of sp³-hybridized carbons (Fsp3) is 0.500. The maximum absolute atomic E-state index is 11.5. The van der Waals surface area contributed by atoms with Crippen molar-refractivity contribution in [2.24, 2.45) is 5.92 Å². The van der Waals surface area contributed by atoms with E-state index in [9.17, 15) is 4.79 Å². The molecule has 1 aliphatic rings. The van der Waals surface area contributed by atoms with Crippen LogP contribution in [0.5, 0.6) is 0 Å². The minimum Gasteiger partial charge on any atom is -0.303 e. The molecule has 3 rings (SSSR count). The van der Waals surface area contributed by atoms with Crippen molar-refractivity contribution >= 4 is 6.29 Å². The highest BCUT2D eigenvalue weighted by Gasteiger charge is 2.28.